The van der Waals surface area contributed by atoms with Crippen LogP contribution in [0.1, 0.15) is 18.4 Å². The van der Waals surface area contributed by atoms with Gasteiger partial charge in [-0.2, -0.15) is 0 Å². The molecule has 0 atom stereocenters. The van der Waals surface area contributed by atoms with Gasteiger partial charge in [-0.3, -0.25) is 0 Å². The Morgan fingerprint density at radius 1 is 1.50 bits per heavy atom. The molecule has 0 saturated heterocycles. The standard InChI is InChI=1S/C11H14BrNO/c1-13-11(4-5-11)7-8-2-3-9(12)6-10(8)14/h2-3,6,13-14H,4-5,7H2,1H3. The summed E-state index contributed by atoms with van der Waals surface area (Å²) in [5, 5.41) is 13.0. The Hall–Kier alpha value is -0.540. The third kappa shape index (κ3) is 1.93. The van der Waals surface area contributed by atoms with Gasteiger partial charge in [-0.1, -0.05) is 22.0 Å². The largest absolute Gasteiger partial charge is 0.508 e. The van der Waals surface area contributed by atoms with Crippen molar-refractivity contribution in [3.8, 4) is 5.75 Å². The Bertz CT molecular complexity index is 347. The van der Waals surface area contributed by atoms with Crippen molar-refractivity contribution >= 4 is 15.9 Å². The highest BCUT2D eigenvalue weighted by Gasteiger charge is 2.41. The average molecular weight is 256 g/mol. The van der Waals surface area contributed by atoms with Gasteiger partial charge < -0.3 is 10.4 Å². The first-order valence-electron chi connectivity index (χ1n) is 4.81. The van der Waals surface area contributed by atoms with Crippen LogP contribution in [0, 0.1) is 0 Å². The van der Waals surface area contributed by atoms with E-state index in [4.69, 9.17) is 0 Å². The molecule has 2 N–H and O–H groups in total. The molecule has 0 bridgehead atoms. The van der Waals surface area contributed by atoms with Gasteiger partial charge in [0.05, 0.1) is 0 Å². The highest BCUT2D eigenvalue weighted by molar-refractivity contribution is 9.10. The Labute approximate surface area is 92.5 Å². The summed E-state index contributed by atoms with van der Waals surface area (Å²) in [6.45, 7) is 0. The van der Waals surface area contributed by atoms with Crippen molar-refractivity contribution in [3.05, 3.63) is 28.2 Å². The Morgan fingerprint density at radius 3 is 2.71 bits per heavy atom. The molecule has 1 aliphatic carbocycles. The number of rotatable bonds is 3. The maximum Gasteiger partial charge on any atom is 0.119 e. The van der Waals surface area contributed by atoms with E-state index in [2.05, 4.69) is 21.2 Å². The fraction of sp³-hybridized carbons (Fsp3) is 0.455. The average Bonchev–Trinajstić information content (AvgIpc) is 2.91. The summed E-state index contributed by atoms with van der Waals surface area (Å²) in [5.41, 5.74) is 1.28. The third-order valence-corrected chi connectivity index (χ3v) is 3.45. The van der Waals surface area contributed by atoms with E-state index in [1.807, 2.05) is 19.2 Å². The molecule has 2 rings (SSSR count). The Morgan fingerprint density at radius 2 is 2.21 bits per heavy atom. The van der Waals surface area contributed by atoms with Gasteiger partial charge in [0.1, 0.15) is 5.75 Å². The normalized spacial score (nSPS) is 18.1. The number of hydrogen-bond acceptors (Lipinski definition) is 2. The molecule has 0 spiro atoms. The van der Waals surface area contributed by atoms with E-state index in [0.29, 0.717) is 5.75 Å². The molecule has 1 aliphatic rings. The zero-order valence-corrected chi connectivity index (χ0v) is 9.76. The van der Waals surface area contributed by atoms with Crippen LogP contribution in [0.15, 0.2) is 22.7 Å². The lowest BCUT2D eigenvalue weighted by Crippen LogP contribution is -2.29. The summed E-state index contributed by atoms with van der Waals surface area (Å²) in [5.74, 6) is 0.390. The lowest BCUT2D eigenvalue weighted by atomic mass is 10.0. The van der Waals surface area contributed by atoms with Crippen molar-refractivity contribution in [1.29, 1.82) is 0 Å². The topological polar surface area (TPSA) is 32.3 Å². The fourth-order valence-electron chi connectivity index (χ4n) is 1.72. The molecule has 1 fully saturated rings. The molecule has 0 aromatic heterocycles. The molecule has 0 unspecified atom stereocenters. The first-order valence-corrected chi connectivity index (χ1v) is 5.61. The van der Waals surface area contributed by atoms with Gasteiger partial charge >= 0.3 is 0 Å². The number of benzene rings is 1. The molecule has 76 valence electrons. The Kier molecular flexibility index (Phi) is 2.54. The van der Waals surface area contributed by atoms with E-state index < -0.39 is 0 Å². The SMILES string of the molecule is CNC1(Cc2ccc(Br)cc2O)CC1. The second-order valence-electron chi connectivity index (χ2n) is 3.98. The number of hydrogen-bond donors (Lipinski definition) is 2. The number of likely N-dealkylation sites (N-methyl/N-ethyl adjacent to an activating group) is 1. The van der Waals surface area contributed by atoms with Crippen molar-refractivity contribution in [3.63, 3.8) is 0 Å². The summed E-state index contributed by atoms with van der Waals surface area (Å²) >= 11 is 3.33. The number of halogens is 1. The predicted molar refractivity (Wildman–Crippen MR) is 60.5 cm³/mol. The second kappa shape index (κ2) is 3.55. The van der Waals surface area contributed by atoms with Gasteiger partial charge in [0.2, 0.25) is 0 Å². The number of phenols is 1. The monoisotopic (exact) mass is 255 g/mol. The van der Waals surface area contributed by atoms with Crippen LogP contribution in [0.25, 0.3) is 0 Å². The van der Waals surface area contributed by atoms with E-state index in [1.165, 1.54) is 12.8 Å². The second-order valence-corrected chi connectivity index (χ2v) is 4.90. The van der Waals surface area contributed by atoms with Crippen LogP contribution >= 0.6 is 15.9 Å². The van der Waals surface area contributed by atoms with E-state index in [9.17, 15) is 5.11 Å². The third-order valence-electron chi connectivity index (χ3n) is 2.96. The van der Waals surface area contributed by atoms with Gasteiger partial charge in [0.15, 0.2) is 0 Å². The molecule has 0 amide bonds. The summed E-state index contributed by atoms with van der Waals surface area (Å²) in [6, 6.07) is 5.71. The molecule has 0 heterocycles. The maximum absolute atomic E-state index is 9.72. The summed E-state index contributed by atoms with van der Waals surface area (Å²) in [7, 11) is 1.99. The van der Waals surface area contributed by atoms with E-state index in [1.54, 1.807) is 6.07 Å². The van der Waals surface area contributed by atoms with Crippen LogP contribution in [-0.4, -0.2) is 17.7 Å². The fourth-order valence-corrected chi connectivity index (χ4v) is 2.07. The molecule has 1 aromatic carbocycles. The van der Waals surface area contributed by atoms with Gasteiger partial charge in [-0.05, 0) is 44.0 Å². The van der Waals surface area contributed by atoms with Crippen molar-refractivity contribution in [2.45, 2.75) is 24.8 Å². The first kappa shape index (κ1) is 9.99. The lowest BCUT2D eigenvalue weighted by molar-refractivity contribution is 0.456. The van der Waals surface area contributed by atoms with E-state index >= 15 is 0 Å². The number of phenolic OH excluding ortho intramolecular Hbond substituents is 1. The van der Waals surface area contributed by atoms with Gasteiger partial charge in [-0.25, -0.2) is 0 Å². The number of nitrogens with one attached hydrogen (secondary N) is 1. The van der Waals surface area contributed by atoms with E-state index in [0.717, 1.165) is 16.5 Å². The summed E-state index contributed by atoms with van der Waals surface area (Å²) < 4.78 is 0.924. The van der Waals surface area contributed by atoms with Crippen LogP contribution in [0.3, 0.4) is 0 Å². The van der Waals surface area contributed by atoms with Crippen LogP contribution in [0.4, 0.5) is 0 Å². The van der Waals surface area contributed by atoms with Crippen molar-refractivity contribution in [2.24, 2.45) is 0 Å². The zero-order valence-electron chi connectivity index (χ0n) is 8.18. The smallest absolute Gasteiger partial charge is 0.119 e. The molecule has 1 aromatic rings. The molecule has 14 heavy (non-hydrogen) atoms. The van der Waals surface area contributed by atoms with Crippen LogP contribution in [0.5, 0.6) is 5.75 Å². The highest BCUT2D eigenvalue weighted by atomic mass is 79.9. The molecular formula is C11H14BrNO. The van der Waals surface area contributed by atoms with E-state index in [-0.39, 0.29) is 5.54 Å². The minimum Gasteiger partial charge on any atom is -0.508 e. The molecule has 2 nitrogen and oxygen atoms in total. The summed E-state index contributed by atoms with van der Waals surface area (Å²) in [4.78, 5) is 0. The molecular weight excluding hydrogens is 242 g/mol. The van der Waals surface area contributed by atoms with Crippen LogP contribution in [-0.2, 0) is 6.42 Å². The molecule has 3 heteroatoms. The van der Waals surface area contributed by atoms with Crippen molar-refractivity contribution in [1.82, 2.24) is 5.32 Å². The predicted octanol–water partition coefficient (Wildman–Crippen LogP) is 2.45. The summed E-state index contributed by atoms with van der Waals surface area (Å²) in [6.07, 6.45) is 3.33. The molecule has 0 aliphatic heterocycles. The highest BCUT2D eigenvalue weighted by Crippen LogP contribution is 2.40. The van der Waals surface area contributed by atoms with Gasteiger partial charge in [0, 0.05) is 10.0 Å². The van der Waals surface area contributed by atoms with Crippen LogP contribution < -0.4 is 5.32 Å². The maximum atomic E-state index is 9.72. The quantitative estimate of drug-likeness (QED) is 0.870. The molecule has 0 radical (unpaired) electrons. The first-order chi connectivity index (χ1) is 6.65. The molecule has 1 saturated carbocycles. The van der Waals surface area contributed by atoms with Gasteiger partial charge in [0.25, 0.3) is 0 Å². The minimum absolute atomic E-state index is 0.255. The van der Waals surface area contributed by atoms with Crippen LogP contribution in [0.2, 0.25) is 0 Å². The zero-order chi connectivity index (χ0) is 10.2. The Balaban J connectivity index is 2.17. The lowest BCUT2D eigenvalue weighted by Gasteiger charge is -2.14. The number of aromatic hydroxyl groups is 1. The van der Waals surface area contributed by atoms with Crippen molar-refractivity contribution < 1.29 is 5.11 Å². The minimum atomic E-state index is 0.255. The van der Waals surface area contributed by atoms with Crippen molar-refractivity contribution in [2.75, 3.05) is 7.05 Å². The van der Waals surface area contributed by atoms with Gasteiger partial charge in [-0.15, -0.1) is 0 Å².